The molecule has 0 aromatic heterocycles. The van der Waals surface area contributed by atoms with Gasteiger partial charge in [-0.3, -0.25) is 9.69 Å². The predicted molar refractivity (Wildman–Crippen MR) is 85.1 cm³/mol. The van der Waals surface area contributed by atoms with Gasteiger partial charge in [-0.1, -0.05) is 31.2 Å². The normalized spacial score (nSPS) is 26.1. The van der Waals surface area contributed by atoms with Gasteiger partial charge in [-0.25, -0.2) is 0 Å². The van der Waals surface area contributed by atoms with Crippen molar-refractivity contribution in [1.29, 1.82) is 0 Å². The van der Waals surface area contributed by atoms with Crippen LogP contribution in [0.25, 0.3) is 0 Å². The zero-order valence-electron chi connectivity index (χ0n) is 13.0. The number of nitrogens with zero attached hydrogens (tertiary/aromatic N) is 1. The number of aryl methyl sites for hydroxylation is 1. The van der Waals surface area contributed by atoms with E-state index < -0.39 is 0 Å². The maximum absolute atomic E-state index is 12.3. The summed E-state index contributed by atoms with van der Waals surface area (Å²) in [4.78, 5) is 14.6. The maximum atomic E-state index is 12.3. The van der Waals surface area contributed by atoms with E-state index in [1.807, 2.05) is 0 Å². The van der Waals surface area contributed by atoms with Crippen molar-refractivity contribution in [3.05, 3.63) is 35.4 Å². The van der Waals surface area contributed by atoms with E-state index in [0.717, 1.165) is 31.8 Å². The average molecular weight is 286 g/mol. The van der Waals surface area contributed by atoms with Crippen molar-refractivity contribution in [3.8, 4) is 0 Å². The van der Waals surface area contributed by atoms with Crippen LogP contribution in [-0.4, -0.2) is 30.4 Å². The van der Waals surface area contributed by atoms with Crippen LogP contribution in [0.2, 0.25) is 0 Å². The third-order valence-corrected chi connectivity index (χ3v) is 4.81. The van der Waals surface area contributed by atoms with Gasteiger partial charge in [0, 0.05) is 6.54 Å². The molecule has 2 atom stereocenters. The first kappa shape index (κ1) is 14.6. The lowest BCUT2D eigenvalue weighted by Crippen LogP contribution is -2.43. The molecule has 1 heterocycles. The van der Waals surface area contributed by atoms with E-state index in [0.29, 0.717) is 6.54 Å². The fourth-order valence-electron chi connectivity index (χ4n) is 3.78. The van der Waals surface area contributed by atoms with Gasteiger partial charge in [0.2, 0.25) is 5.91 Å². The molecule has 1 aromatic rings. The SMILES string of the molecule is C[C@@H]1CCCN(CC(=O)N[C@H]2CCCc3ccccc32)C1. The minimum Gasteiger partial charge on any atom is -0.348 e. The molecule has 1 fully saturated rings. The van der Waals surface area contributed by atoms with Crippen LogP contribution in [0.3, 0.4) is 0 Å². The van der Waals surface area contributed by atoms with Crippen LogP contribution in [0.1, 0.15) is 49.8 Å². The molecular weight excluding hydrogens is 260 g/mol. The number of fused-ring (bicyclic) bond motifs is 1. The summed E-state index contributed by atoms with van der Waals surface area (Å²) >= 11 is 0. The van der Waals surface area contributed by atoms with Gasteiger partial charge in [0.1, 0.15) is 0 Å². The van der Waals surface area contributed by atoms with E-state index in [2.05, 4.69) is 41.4 Å². The standard InChI is InChI=1S/C18H26N2O/c1-14-6-5-11-20(12-14)13-18(21)19-17-10-4-8-15-7-2-3-9-16(15)17/h2-3,7,9,14,17H,4-6,8,10-13H2,1H3,(H,19,21)/t14-,17+/m1/s1. The van der Waals surface area contributed by atoms with E-state index in [1.54, 1.807) is 0 Å². The zero-order chi connectivity index (χ0) is 14.7. The zero-order valence-corrected chi connectivity index (χ0v) is 13.0. The molecule has 1 aromatic carbocycles. The van der Waals surface area contributed by atoms with Gasteiger partial charge in [0.15, 0.2) is 0 Å². The monoisotopic (exact) mass is 286 g/mol. The minimum absolute atomic E-state index is 0.186. The van der Waals surface area contributed by atoms with Crippen LogP contribution in [0.15, 0.2) is 24.3 Å². The second-order valence-electron chi connectivity index (χ2n) is 6.69. The van der Waals surface area contributed by atoms with Crippen LogP contribution < -0.4 is 5.32 Å². The van der Waals surface area contributed by atoms with Crippen molar-refractivity contribution in [1.82, 2.24) is 10.2 Å². The fourth-order valence-corrected chi connectivity index (χ4v) is 3.78. The number of nitrogens with one attached hydrogen (secondary N) is 1. The smallest absolute Gasteiger partial charge is 0.234 e. The van der Waals surface area contributed by atoms with Crippen molar-refractivity contribution < 1.29 is 4.79 Å². The predicted octanol–water partition coefficient (Wildman–Crippen LogP) is 2.91. The highest BCUT2D eigenvalue weighted by molar-refractivity contribution is 5.78. The molecule has 0 spiro atoms. The molecular formula is C18H26N2O. The van der Waals surface area contributed by atoms with Gasteiger partial charge < -0.3 is 5.32 Å². The highest BCUT2D eigenvalue weighted by Gasteiger charge is 2.23. The summed E-state index contributed by atoms with van der Waals surface area (Å²) < 4.78 is 0. The van der Waals surface area contributed by atoms with Crippen molar-refractivity contribution >= 4 is 5.91 Å². The van der Waals surface area contributed by atoms with Crippen LogP contribution >= 0.6 is 0 Å². The first-order valence-electron chi connectivity index (χ1n) is 8.32. The lowest BCUT2D eigenvalue weighted by molar-refractivity contribution is -0.123. The molecule has 0 saturated carbocycles. The first-order valence-corrected chi connectivity index (χ1v) is 8.32. The molecule has 3 rings (SSSR count). The van der Waals surface area contributed by atoms with Crippen molar-refractivity contribution in [2.75, 3.05) is 19.6 Å². The van der Waals surface area contributed by atoms with Gasteiger partial charge in [0.05, 0.1) is 12.6 Å². The Balaban J connectivity index is 1.58. The van der Waals surface area contributed by atoms with Crippen LogP contribution in [0.4, 0.5) is 0 Å². The third kappa shape index (κ3) is 3.65. The van der Waals surface area contributed by atoms with Crippen molar-refractivity contribution in [2.24, 2.45) is 5.92 Å². The lowest BCUT2D eigenvalue weighted by atomic mass is 9.88. The Bertz CT molecular complexity index is 500. The number of rotatable bonds is 3. The summed E-state index contributed by atoms with van der Waals surface area (Å²) in [5.41, 5.74) is 2.73. The lowest BCUT2D eigenvalue weighted by Gasteiger charge is -2.31. The molecule has 0 unspecified atom stereocenters. The highest BCUT2D eigenvalue weighted by Crippen LogP contribution is 2.29. The van der Waals surface area contributed by atoms with E-state index in [-0.39, 0.29) is 11.9 Å². The highest BCUT2D eigenvalue weighted by atomic mass is 16.2. The molecule has 1 aliphatic carbocycles. The van der Waals surface area contributed by atoms with Crippen LogP contribution in [0, 0.1) is 5.92 Å². The van der Waals surface area contributed by atoms with E-state index in [4.69, 9.17) is 0 Å². The van der Waals surface area contributed by atoms with Gasteiger partial charge in [-0.2, -0.15) is 0 Å². The Labute approximate surface area is 127 Å². The Kier molecular flexibility index (Phi) is 4.59. The summed E-state index contributed by atoms with van der Waals surface area (Å²) in [5, 5.41) is 3.26. The van der Waals surface area contributed by atoms with Gasteiger partial charge in [0.25, 0.3) is 0 Å². The molecule has 1 N–H and O–H groups in total. The molecule has 1 aliphatic heterocycles. The van der Waals surface area contributed by atoms with E-state index in [9.17, 15) is 4.79 Å². The summed E-state index contributed by atoms with van der Waals surface area (Å²) in [6.07, 6.45) is 5.91. The Morgan fingerprint density at radius 2 is 2.14 bits per heavy atom. The molecule has 21 heavy (non-hydrogen) atoms. The molecule has 114 valence electrons. The van der Waals surface area contributed by atoms with Gasteiger partial charge in [-0.15, -0.1) is 0 Å². The first-order chi connectivity index (χ1) is 10.2. The van der Waals surface area contributed by atoms with Crippen LogP contribution in [-0.2, 0) is 11.2 Å². The topological polar surface area (TPSA) is 32.3 Å². The summed E-state index contributed by atoms with van der Waals surface area (Å²) in [7, 11) is 0. The Morgan fingerprint density at radius 1 is 1.29 bits per heavy atom. The van der Waals surface area contributed by atoms with Crippen molar-refractivity contribution in [2.45, 2.75) is 45.1 Å². The number of amides is 1. The molecule has 0 bridgehead atoms. The van der Waals surface area contributed by atoms with Gasteiger partial charge >= 0.3 is 0 Å². The minimum atomic E-state index is 0.186. The molecule has 0 radical (unpaired) electrons. The average Bonchev–Trinajstić information content (AvgIpc) is 2.47. The number of piperidine rings is 1. The number of hydrogen-bond acceptors (Lipinski definition) is 2. The molecule has 2 aliphatic rings. The number of carbonyl (C=O) groups is 1. The fraction of sp³-hybridized carbons (Fsp3) is 0.611. The summed E-state index contributed by atoms with van der Waals surface area (Å²) in [5.74, 6) is 0.910. The summed E-state index contributed by atoms with van der Waals surface area (Å²) in [6, 6.07) is 8.75. The Morgan fingerprint density at radius 3 is 3.00 bits per heavy atom. The maximum Gasteiger partial charge on any atom is 0.234 e. The van der Waals surface area contributed by atoms with E-state index >= 15 is 0 Å². The number of carbonyl (C=O) groups excluding carboxylic acids is 1. The molecule has 1 saturated heterocycles. The third-order valence-electron chi connectivity index (χ3n) is 4.81. The number of benzene rings is 1. The van der Waals surface area contributed by atoms with Crippen LogP contribution in [0.5, 0.6) is 0 Å². The summed E-state index contributed by atoms with van der Waals surface area (Å²) in [6.45, 7) is 4.97. The quantitative estimate of drug-likeness (QED) is 0.926. The number of likely N-dealkylation sites (tertiary alicyclic amines) is 1. The van der Waals surface area contributed by atoms with Crippen molar-refractivity contribution in [3.63, 3.8) is 0 Å². The molecule has 3 heteroatoms. The van der Waals surface area contributed by atoms with Gasteiger partial charge in [-0.05, 0) is 55.7 Å². The second kappa shape index (κ2) is 6.61. The second-order valence-corrected chi connectivity index (χ2v) is 6.69. The van der Waals surface area contributed by atoms with E-state index in [1.165, 1.54) is 30.4 Å². The largest absolute Gasteiger partial charge is 0.348 e. The number of hydrogen-bond donors (Lipinski definition) is 1. The molecule has 3 nitrogen and oxygen atoms in total. The Hall–Kier alpha value is -1.35. The molecule has 1 amide bonds.